The van der Waals surface area contributed by atoms with E-state index in [1.807, 2.05) is 0 Å². The highest BCUT2D eigenvalue weighted by Gasteiger charge is 2.25. The van der Waals surface area contributed by atoms with E-state index in [-0.39, 0.29) is 16.3 Å². The lowest BCUT2D eigenvalue weighted by molar-refractivity contribution is -0.385. The van der Waals surface area contributed by atoms with Crippen molar-refractivity contribution in [3.8, 4) is 0 Å². The second-order valence-corrected chi connectivity index (χ2v) is 8.15. The number of rotatable bonds is 6. The monoisotopic (exact) mass is 445 g/mol. The van der Waals surface area contributed by atoms with Gasteiger partial charge in [0.05, 0.1) is 22.1 Å². The van der Waals surface area contributed by atoms with E-state index in [1.54, 1.807) is 0 Å². The Morgan fingerprint density at radius 3 is 2.62 bits per heavy atom. The van der Waals surface area contributed by atoms with Crippen LogP contribution in [0.2, 0.25) is 0 Å². The Hall–Kier alpha value is -2.37. The number of anilines is 1. The normalized spacial score (nSPS) is 11.4. The molecule has 11 heteroatoms. The zero-order valence-corrected chi connectivity index (χ0v) is 15.8. The number of nitrogens with zero attached hydrogens (tertiary/aromatic N) is 2. The maximum atomic E-state index is 13.7. The summed E-state index contributed by atoms with van der Waals surface area (Å²) >= 11 is 3.08. The fourth-order valence-corrected chi connectivity index (χ4v) is 3.51. The topological polar surface area (TPSA) is 110 Å². The van der Waals surface area contributed by atoms with Gasteiger partial charge < -0.3 is 5.32 Å². The highest BCUT2D eigenvalue weighted by Crippen LogP contribution is 2.21. The predicted molar refractivity (Wildman–Crippen MR) is 95.6 cm³/mol. The highest BCUT2D eigenvalue weighted by molar-refractivity contribution is 9.10. The maximum Gasteiger partial charge on any atom is 0.270 e. The van der Waals surface area contributed by atoms with Gasteiger partial charge in [0.25, 0.3) is 5.69 Å². The van der Waals surface area contributed by atoms with Crippen LogP contribution in [0.15, 0.2) is 51.8 Å². The second kappa shape index (κ2) is 7.89. The maximum absolute atomic E-state index is 13.7. The van der Waals surface area contributed by atoms with Gasteiger partial charge in [0.1, 0.15) is 5.82 Å². The van der Waals surface area contributed by atoms with Crippen molar-refractivity contribution in [2.24, 2.45) is 0 Å². The second-order valence-electron chi connectivity index (χ2n) is 5.19. The molecule has 0 aliphatic carbocycles. The number of likely N-dealkylation sites (N-methyl/N-ethyl adjacent to an activating group) is 1. The van der Waals surface area contributed by atoms with Gasteiger partial charge >= 0.3 is 0 Å². The van der Waals surface area contributed by atoms with Gasteiger partial charge in [0.15, 0.2) is 0 Å². The van der Waals surface area contributed by atoms with Crippen LogP contribution in [0.3, 0.4) is 0 Å². The van der Waals surface area contributed by atoms with Gasteiger partial charge in [-0.1, -0.05) is 22.0 Å². The molecule has 0 spiro atoms. The van der Waals surface area contributed by atoms with Crippen LogP contribution in [-0.2, 0) is 14.8 Å². The lowest BCUT2D eigenvalue weighted by Crippen LogP contribution is -2.35. The van der Waals surface area contributed by atoms with Crippen LogP contribution in [0.5, 0.6) is 0 Å². The van der Waals surface area contributed by atoms with Crippen molar-refractivity contribution in [2.75, 3.05) is 18.9 Å². The summed E-state index contributed by atoms with van der Waals surface area (Å²) in [6.07, 6.45) is 0. The smallest absolute Gasteiger partial charge is 0.270 e. The number of amides is 1. The van der Waals surface area contributed by atoms with Crippen LogP contribution in [0.4, 0.5) is 15.8 Å². The average molecular weight is 446 g/mol. The summed E-state index contributed by atoms with van der Waals surface area (Å²) in [5.41, 5.74) is -0.486. The summed E-state index contributed by atoms with van der Waals surface area (Å²) in [5, 5.41) is 13.1. The molecular formula is C15H13BrFN3O5S. The van der Waals surface area contributed by atoms with E-state index in [2.05, 4.69) is 21.2 Å². The Labute approximate surface area is 157 Å². The van der Waals surface area contributed by atoms with Crippen LogP contribution in [-0.4, -0.2) is 37.1 Å². The predicted octanol–water partition coefficient (Wildman–Crippen LogP) is 2.76. The molecule has 0 aromatic heterocycles. The molecule has 138 valence electrons. The molecule has 0 heterocycles. The zero-order chi connectivity index (χ0) is 19.5. The first-order valence-corrected chi connectivity index (χ1v) is 9.30. The van der Waals surface area contributed by atoms with E-state index < -0.39 is 33.2 Å². The summed E-state index contributed by atoms with van der Waals surface area (Å²) in [4.78, 5) is 21.7. The van der Waals surface area contributed by atoms with Gasteiger partial charge in [0.2, 0.25) is 15.9 Å². The third-order valence-electron chi connectivity index (χ3n) is 3.31. The summed E-state index contributed by atoms with van der Waals surface area (Å²) in [7, 11) is -2.99. The average Bonchev–Trinajstić information content (AvgIpc) is 2.57. The fraction of sp³-hybridized carbons (Fsp3) is 0.133. The van der Waals surface area contributed by atoms with Crippen LogP contribution >= 0.6 is 15.9 Å². The lowest BCUT2D eigenvalue weighted by atomic mass is 10.3. The molecular weight excluding hydrogens is 433 g/mol. The van der Waals surface area contributed by atoms with Crippen molar-refractivity contribution >= 4 is 43.2 Å². The van der Waals surface area contributed by atoms with E-state index in [0.29, 0.717) is 4.47 Å². The summed E-state index contributed by atoms with van der Waals surface area (Å²) in [5.74, 6) is -1.44. The van der Waals surface area contributed by atoms with E-state index in [1.165, 1.54) is 24.3 Å². The Morgan fingerprint density at radius 1 is 1.31 bits per heavy atom. The number of non-ortho nitro benzene ring substituents is 1. The molecule has 0 unspecified atom stereocenters. The quantitative estimate of drug-likeness (QED) is 0.542. The van der Waals surface area contributed by atoms with Gasteiger partial charge in [-0.15, -0.1) is 0 Å². The van der Waals surface area contributed by atoms with Gasteiger partial charge in [-0.05, 0) is 24.3 Å². The third kappa shape index (κ3) is 4.62. The Bertz CT molecular complexity index is 968. The van der Waals surface area contributed by atoms with Gasteiger partial charge in [0, 0.05) is 23.7 Å². The molecule has 0 saturated heterocycles. The largest absolute Gasteiger partial charge is 0.322 e. The number of carbonyl (C=O) groups is 1. The number of halogens is 2. The van der Waals surface area contributed by atoms with Gasteiger partial charge in [-0.25, -0.2) is 12.8 Å². The number of carbonyl (C=O) groups excluding carboxylic acids is 1. The minimum absolute atomic E-state index is 0.0978. The molecule has 1 N–H and O–H groups in total. The SMILES string of the molecule is CN(CC(=O)Nc1ccc(Br)cc1F)S(=O)(=O)c1cccc([N+](=O)[O-])c1. The van der Waals surface area contributed by atoms with Crippen molar-refractivity contribution in [1.82, 2.24) is 4.31 Å². The molecule has 0 saturated carbocycles. The van der Waals surface area contributed by atoms with Crippen molar-refractivity contribution in [3.63, 3.8) is 0 Å². The molecule has 2 rings (SSSR count). The third-order valence-corrected chi connectivity index (χ3v) is 5.60. The number of nitro groups is 1. The van der Waals surface area contributed by atoms with Crippen LogP contribution < -0.4 is 5.32 Å². The highest BCUT2D eigenvalue weighted by atomic mass is 79.9. The number of nitro benzene ring substituents is 1. The first-order valence-electron chi connectivity index (χ1n) is 7.07. The van der Waals surface area contributed by atoms with Gasteiger partial charge in [-0.3, -0.25) is 14.9 Å². The molecule has 0 atom stereocenters. The Balaban J connectivity index is 2.14. The van der Waals surface area contributed by atoms with Crippen molar-refractivity contribution in [1.29, 1.82) is 0 Å². The number of sulfonamides is 1. The molecule has 2 aromatic carbocycles. The van der Waals surface area contributed by atoms with Gasteiger partial charge in [-0.2, -0.15) is 4.31 Å². The Kier molecular flexibility index (Phi) is 6.05. The van der Waals surface area contributed by atoms with E-state index in [0.717, 1.165) is 29.6 Å². The van der Waals surface area contributed by atoms with E-state index in [4.69, 9.17) is 0 Å². The number of hydrogen-bond donors (Lipinski definition) is 1. The molecule has 1 amide bonds. The number of benzene rings is 2. The van der Waals surface area contributed by atoms with Crippen molar-refractivity contribution in [2.45, 2.75) is 4.90 Å². The summed E-state index contributed by atoms with van der Waals surface area (Å²) in [6.45, 7) is -0.597. The molecule has 8 nitrogen and oxygen atoms in total. The van der Waals surface area contributed by atoms with E-state index in [9.17, 15) is 27.7 Å². The summed E-state index contributed by atoms with van der Waals surface area (Å²) < 4.78 is 39.8. The molecule has 0 aliphatic rings. The van der Waals surface area contributed by atoms with Crippen molar-refractivity contribution < 1.29 is 22.5 Å². The molecule has 2 aromatic rings. The van der Waals surface area contributed by atoms with Crippen LogP contribution in [0.25, 0.3) is 0 Å². The molecule has 26 heavy (non-hydrogen) atoms. The molecule has 0 aliphatic heterocycles. The van der Waals surface area contributed by atoms with E-state index >= 15 is 0 Å². The number of nitrogens with one attached hydrogen (secondary N) is 1. The van der Waals surface area contributed by atoms with Crippen LogP contribution in [0.1, 0.15) is 0 Å². The Morgan fingerprint density at radius 2 is 2.00 bits per heavy atom. The molecule has 0 fully saturated rings. The minimum atomic E-state index is -4.13. The standard InChI is InChI=1S/C15H13BrFN3O5S/c1-19(9-15(21)18-14-6-5-10(16)7-13(14)17)26(24,25)12-4-2-3-11(8-12)20(22)23/h2-8H,9H2,1H3,(H,18,21). The lowest BCUT2D eigenvalue weighted by Gasteiger charge is -2.17. The zero-order valence-electron chi connectivity index (χ0n) is 13.3. The fourth-order valence-electron chi connectivity index (χ4n) is 2.01. The number of hydrogen-bond acceptors (Lipinski definition) is 5. The molecule has 0 bridgehead atoms. The minimum Gasteiger partial charge on any atom is -0.322 e. The molecule has 0 radical (unpaired) electrons. The summed E-state index contributed by atoms with van der Waals surface area (Å²) in [6, 6.07) is 8.47. The van der Waals surface area contributed by atoms with Crippen molar-refractivity contribution in [3.05, 3.63) is 62.9 Å². The first-order chi connectivity index (χ1) is 12.1. The first kappa shape index (κ1) is 19.9. The van der Waals surface area contributed by atoms with Crippen LogP contribution in [0, 0.1) is 15.9 Å².